The first-order chi connectivity index (χ1) is 12.8. The predicted octanol–water partition coefficient (Wildman–Crippen LogP) is 2.76. The standard InChI is InChI=1S/C19H16ClFN4O2/c1-25-17(8-2-3-8)10-7-13(22)15-14(16(10)24-25)18(26)23-19(15,27)11-6-9(21)4-5-12(11)20/h4-8,27H,2-3,22H2,1H3,(H,23,26). The highest BCUT2D eigenvalue weighted by molar-refractivity contribution is 6.31. The van der Waals surface area contributed by atoms with Crippen LogP contribution in [0.5, 0.6) is 0 Å². The molecule has 1 amide bonds. The van der Waals surface area contributed by atoms with Crippen LogP contribution in [0.1, 0.15) is 45.9 Å². The molecular weight excluding hydrogens is 371 g/mol. The Balaban J connectivity index is 1.83. The number of nitrogen functional groups attached to an aromatic ring is 1. The number of aliphatic hydroxyl groups is 1. The van der Waals surface area contributed by atoms with E-state index in [2.05, 4.69) is 10.4 Å². The summed E-state index contributed by atoms with van der Waals surface area (Å²) in [5.74, 6) is -0.705. The number of rotatable bonds is 2. The van der Waals surface area contributed by atoms with Crippen molar-refractivity contribution in [2.45, 2.75) is 24.5 Å². The van der Waals surface area contributed by atoms with Gasteiger partial charge in [-0.25, -0.2) is 4.39 Å². The molecule has 2 heterocycles. The number of hydrogen-bond donors (Lipinski definition) is 3. The zero-order valence-corrected chi connectivity index (χ0v) is 15.1. The third kappa shape index (κ3) is 2.15. The number of fused-ring (bicyclic) bond motifs is 3. The van der Waals surface area contributed by atoms with E-state index < -0.39 is 17.4 Å². The number of halogens is 2. The van der Waals surface area contributed by atoms with Gasteiger partial charge in [-0.15, -0.1) is 0 Å². The summed E-state index contributed by atoms with van der Waals surface area (Å²) in [4.78, 5) is 12.8. The number of anilines is 1. The van der Waals surface area contributed by atoms with Gasteiger partial charge in [0.1, 0.15) is 11.3 Å². The number of amides is 1. The Morgan fingerprint density at radius 2 is 2.15 bits per heavy atom. The molecule has 2 aliphatic rings. The van der Waals surface area contributed by atoms with Gasteiger partial charge in [0, 0.05) is 45.9 Å². The van der Waals surface area contributed by atoms with Gasteiger partial charge >= 0.3 is 0 Å². The van der Waals surface area contributed by atoms with Gasteiger partial charge in [-0.05, 0) is 37.1 Å². The molecule has 1 unspecified atom stereocenters. The molecule has 1 aromatic heterocycles. The number of aromatic nitrogens is 2. The minimum absolute atomic E-state index is 0.0284. The molecule has 0 spiro atoms. The van der Waals surface area contributed by atoms with Crippen molar-refractivity contribution in [3.8, 4) is 0 Å². The van der Waals surface area contributed by atoms with Gasteiger partial charge in [0.25, 0.3) is 5.91 Å². The number of benzene rings is 2. The SMILES string of the molecule is Cn1nc2c3c(c(N)cc2c1C1CC1)C(O)(c1cc(F)ccc1Cl)NC3=O. The minimum atomic E-state index is -2.03. The molecule has 6 nitrogen and oxygen atoms in total. The summed E-state index contributed by atoms with van der Waals surface area (Å²) in [5, 5.41) is 19.3. The third-order valence-electron chi connectivity index (χ3n) is 5.37. The fraction of sp³-hybridized carbons (Fsp3) is 0.263. The number of nitrogens with two attached hydrogens (primary N) is 1. The fourth-order valence-corrected chi connectivity index (χ4v) is 4.34. The zero-order chi connectivity index (χ0) is 19.1. The van der Waals surface area contributed by atoms with Crippen molar-refractivity contribution in [3.63, 3.8) is 0 Å². The van der Waals surface area contributed by atoms with Crippen molar-refractivity contribution in [3.05, 3.63) is 57.5 Å². The van der Waals surface area contributed by atoms with E-state index >= 15 is 0 Å². The first-order valence-electron chi connectivity index (χ1n) is 8.61. The van der Waals surface area contributed by atoms with Crippen molar-refractivity contribution in [2.24, 2.45) is 7.05 Å². The van der Waals surface area contributed by atoms with Crippen LogP contribution in [0.15, 0.2) is 24.3 Å². The number of carbonyl (C=O) groups is 1. The summed E-state index contributed by atoms with van der Waals surface area (Å²) >= 11 is 6.19. The van der Waals surface area contributed by atoms with Gasteiger partial charge in [0.2, 0.25) is 0 Å². The van der Waals surface area contributed by atoms with Crippen molar-refractivity contribution >= 4 is 34.1 Å². The maximum atomic E-state index is 13.8. The van der Waals surface area contributed by atoms with Crippen LogP contribution in [0.4, 0.5) is 10.1 Å². The van der Waals surface area contributed by atoms with E-state index in [1.807, 2.05) is 7.05 Å². The molecule has 0 bridgehead atoms. The van der Waals surface area contributed by atoms with Crippen LogP contribution in [-0.2, 0) is 12.8 Å². The lowest BCUT2D eigenvalue weighted by Gasteiger charge is -2.26. The monoisotopic (exact) mass is 386 g/mol. The average Bonchev–Trinajstić information content (AvgIpc) is 3.32. The smallest absolute Gasteiger partial charge is 0.256 e. The van der Waals surface area contributed by atoms with Gasteiger partial charge < -0.3 is 16.2 Å². The van der Waals surface area contributed by atoms with Crippen molar-refractivity contribution < 1.29 is 14.3 Å². The number of aryl methyl sites for hydroxylation is 1. The van der Waals surface area contributed by atoms with Gasteiger partial charge in [0.15, 0.2) is 5.72 Å². The normalized spacial score (nSPS) is 21.6. The highest BCUT2D eigenvalue weighted by Crippen LogP contribution is 2.48. The Labute approximate surface area is 158 Å². The molecule has 1 aliphatic heterocycles. The topological polar surface area (TPSA) is 93.2 Å². The Hall–Kier alpha value is -2.64. The molecular formula is C19H16ClFN4O2. The molecule has 138 valence electrons. The fourth-order valence-electron chi connectivity index (χ4n) is 4.09. The second-order valence-electron chi connectivity index (χ2n) is 7.18. The molecule has 1 fully saturated rings. The van der Waals surface area contributed by atoms with Crippen LogP contribution in [0.2, 0.25) is 5.02 Å². The molecule has 1 aliphatic carbocycles. The quantitative estimate of drug-likeness (QED) is 0.590. The zero-order valence-electron chi connectivity index (χ0n) is 14.4. The summed E-state index contributed by atoms with van der Waals surface area (Å²) in [6.07, 6.45) is 2.14. The molecule has 4 N–H and O–H groups in total. The maximum Gasteiger partial charge on any atom is 0.256 e. The van der Waals surface area contributed by atoms with Gasteiger partial charge in [-0.2, -0.15) is 5.10 Å². The maximum absolute atomic E-state index is 13.8. The van der Waals surface area contributed by atoms with E-state index in [9.17, 15) is 14.3 Å². The van der Waals surface area contributed by atoms with Gasteiger partial charge in [0.05, 0.1) is 5.56 Å². The van der Waals surface area contributed by atoms with E-state index in [1.54, 1.807) is 10.7 Å². The highest BCUT2D eigenvalue weighted by atomic mass is 35.5. The Kier molecular flexibility index (Phi) is 3.19. The first kappa shape index (κ1) is 16.5. The van der Waals surface area contributed by atoms with Gasteiger partial charge in [-0.3, -0.25) is 9.48 Å². The lowest BCUT2D eigenvalue weighted by Crippen LogP contribution is -2.40. The van der Waals surface area contributed by atoms with Crippen molar-refractivity contribution in [1.82, 2.24) is 15.1 Å². The molecule has 5 rings (SSSR count). The van der Waals surface area contributed by atoms with Crippen molar-refractivity contribution in [2.75, 3.05) is 5.73 Å². The number of nitrogens with zero attached hydrogens (tertiary/aromatic N) is 2. The lowest BCUT2D eigenvalue weighted by molar-refractivity contribution is 0.0479. The number of carbonyl (C=O) groups excluding carboxylic acids is 1. The van der Waals surface area contributed by atoms with Crippen LogP contribution in [-0.4, -0.2) is 20.8 Å². The molecule has 1 saturated carbocycles. The lowest BCUT2D eigenvalue weighted by atomic mass is 9.91. The highest BCUT2D eigenvalue weighted by Gasteiger charge is 2.48. The Bertz CT molecular complexity index is 1150. The second-order valence-corrected chi connectivity index (χ2v) is 7.59. The third-order valence-corrected chi connectivity index (χ3v) is 5.70. The molecule has 2 aromatic carbocycles. The molecule has 8 heteroatoms. The largest absolute Gasteiger partial charge is 0.398 e. The summed E-state index contributed by atoms with van der Waals surface area (Å²) in [6, 6.07) is 5.33. The summed E-state index contributed by atoms with van der Waals surface area (Å²) < 4.78 is 15.6. The van der Waals surface area contributed by atoms with E-state index in [0.717, 1.165) is 30.0 Å². The average molecular weight is 387 g/mol. The molecule has 27 heavy (non-hydrogen) atoms. The van der Waals surface area contributed by atoms with E-state index in [-0.39, 0.29) is 27.4 Å². The molecule has 3 aromatic rings. The van der Waals surface area contributed by atoms with E-state index in [4.69, 9.17) is 17.3 Å². The van der Waals surface area contributed by atoms with Crippen LogP contribution in [0.3, 0.4) is 0 Å². The van der Waals surface area contributed by atoms with Crippen LogP contribution in [0, 0.1) is 5.82 Å². The predicted molar refractivity (Wildman–Crippen MR) is 99.0 cm³/mol. The molecule has 0 saturated heterocycles. The Morgan fingerprint density at radius 1 is 1.41 bits per heavy atom. The van der Waals surface area contributed by atoms with E-state index in [0.29, 0.717) is 11.4 Å². The summed E-state index contributed by atoms with van der Waals surface area (Å²) in [7, 11) is 1.83. The number of nitrogens with one attached hydrogen (secondary N) is 1. The summed E-state index contributed by atoms with van der Waals surface area (Å²) in [6.45, 7) is 0. The number of hydrogen-bond acceptors (Lipinski definition) is 4. The second kappa shape index (κ2) is 5.21. The van der Waals surface area contributed by atoms with E-state index in [1.165, 1.54) is 12.1 Å². The van der Waals surface area contributed by atoms with Crippen LogP contribution >= 0.6 is 11.6 Å². The Morgan fingerprint density at radius 3 is 2.85 bits per heavy atom. The van der Waals surface area contributed by atoms with Gasteiger partial charge in [-0.1, -0.05) is 11.6 Å². The van der Waals surface area contributed by atoms with Crippen LogP contribution < -0.4 is 11.1 Å². The molecule has 0 radical (unpaired) electrons. The first-order valence-corrected chi connectivity index (χ1v) is 8.99. The van der Waals surface area contributed by atoms with Crippen molar-refractivity contribution in [1.29, 1.82) is 0 Å². The minimum Gasteiger partial charge on any atom is -0.398 e. The molecule has 1 atom stereocenters. The van der Waals surface area contributed by atoms with Crippen LogP contribution in [0.25, 0.3) is 10.9 Å². The summed E-state index contributed by atoms with van der Waals surface area (Å²) in [5.41, 5.74) is 6.38.